The third-order valence-corrected chi connectivity index (χ3v) is 5.57. The summed E-state index contributed by atoms with van der Waals surface area (Å²) in [4.78, 5) is 16.8. The van der Waals surface area contributed by atoms with Gasteiger partial charge < -0.3 is 21.5 Å². The average Bonchev–Trinajstić information content (AvgIpc) is 3.45. The standard InChI is InChI=1S/C21H28N6O2/c1-13-10-15(2-5-17(13)20(28)26-16-3-4-16)18-12-25-27(19(18)22)21(23)24-11-14-6-8-29-9-7-14/h2,5,10,12,14,16H,3-4,6-9,11,22H2,1H3,(H2,23,24)(H,26,28). The van der Waals surface area contributed by atoms with E-state index in [0.717, 1.165) is 55.6 Å². The molecule has 0 atom stereocenters. The quantitative estimate of drug-likeness (QED) is 0.527. The summed E-state index contributed by atoms with van der Waals surface area (Å²) in [6.07, 6.45) is 5.81. The van der Waals surface area contributed by atoms with Crippen molar-refractivity contribution in [3.05, 3.63) is 35.5 Å². The van der Waals surface area contributed by atoms with Gasteiger partial charge in [0, 0.05) is 36.9 Å². The minimum atomic E-state index is -0.0234. The Bertz CT molecular complexity index is 925. The van der Waals surface area contributed by atoms with Crippen LogP contribution >= 0.6 is 0 Å². The normalized spacial score (nSPS) is 18.0. The number of nitrogens with two attached hydrogens (primary N) is 2. The summed E-state index contributed by atoms with van der Waals surface area (Å²) in [5, 5.41) is 7.34. The molecule has 0 spiro atoms. The maximum Gasteiger partial charge on any atom is 0.251 e. The average molecular weight is 396 g/mol. The Morgan fingerprint density at radius 2 is 2.07 bits per heavy atom. The summed E-state index contributed by atoms with van der Waals surface area (Å²) in [5.41, 5.74) is 15.7. The number of rotatable bonds is 5. The molecule has 8 nitrogen and oxygen atoms in total. The van der Waals surface area contributed by atoms with Crippen LogP contribution in [0.4, 0.5) is 5.82 Å². The Labute approximate surface area is 170 Å². The summed E-state index contributed by atoms with van der Waals surface area (Å²) in [6.45, 7) is 4.13. The number of ether oxygens (including phenoxy) is 1. The molecule has 2 aliphatic rings. The molecule has 1 aliphatic heterocycles. The van der Waals surface area contributed by atoms with E-state index in [1.165, 1.54) is 4.68 Å². The molecule has 154 valence electrons. The monoisotopic (exact) mass is 396 g/mol. The maximum atomic E-state index is 12.3. The van der Waals surface area contributed by atoms with Gasteiger partial charge >= 0.3 is 0 Å². The second kappa shape index (κ2) is 8.24. The summed E-state index contributed by atoms with van der Waals surface area (Å²) >= 11 is 0. The molecule has 0 unspecified atom stereocenters. The Morgan fingerprint density at radius 1 is 1.31 bits per heavy atom. The number of nitrogen functional groups attached to an aromatic ring is 1. The maximum absolute atomic E-state index is 12.3. The molecule has 5 N–H and O–H groups in total. The van der Waals surface area contributed by atoms with Crippen LogP contribution in [0.5, 0.6) is 0 Å². The van der Waals surface area contributed by atoms with E-state index in [9.17, 15) is 4.79 Å². The number of carbonyl (C=O) groups is 1. The van der Waals surface area contributed by atoms with Gasteiger partial charge in [-0.05, 0) is 55.7 Å². The largest absolute Gasteiger partial charge is 0.383 e. The predicted octanol–water partition coefficient (Wildman–Crippen LogP) is 1.92. The van der Waals surface area contributed by atoms with Crippen molar-refractivity contribution in [2.24, 2.45) is 16.6 Å². The van der Waals surface area contributed by atoms with Crippen molar-refractivity contribution in [2.45, 2.75) is 38.6 Å². The molecule has 1 aromatic heterocycles. The first-order valence-electron chi connectivity index (χ1n) is 10.2. The first-order chi connectivity index (χ1) is 14.0. The van der Waals surface area contributed by atoms with Crippen molar-refractivity contribution in [1.29, 1.82) is 0 Å². The lowest BCUT2D eigenvalue weighted by atomic mass is 10.0. The number of aryl methyl sites for hydroxylation is 1. The number of hydrogen-bond acceptors (Lipinski definition) is 5. The molecule has 1 saturated heterocycles. The number of nitrogens with one attached hydrogen (secondary N) is 1. The molecule has 2 heterocycles. The van der Waals surface area contributed by atoms with Gasteiger partial charge in [0.15, 0.2) is 0 Å². The number of carbonyl (C=O) groups excluding carboxylic acids is 1. The van der Waals surface area contributed by atoms with Crippen LogP contribution in [0, 0.1) is 12.8 Å². The third-order valence-electron chi connectivity index (χ3n) is 5.57. The highest BCUT2D eigenvalue weighted by molar-refractivity contribution is 5.97. The second-order valence-electron chi connectivity index (χ2n) is 7.89. The highest BCUT2D eigenvalue weighted by Gasteiger charge is 2.24. The number of anilines is 1. The fourth-order valence-electron chi connectivity index (χ4n) is 3.56. The molecule has 1 saturated carbocycles. The van der Waals surface area contributed by atoms with Crippen LogP contribution in [0.15, 0.2) is 29.4 Å². The topological polar surface area (TPSA) is 121 Å². The van der Waals surface area contributed by atoms with Crippen molar-refractivity contribution < 1.29 is 9.53 Å². The van der Waals surface area contributed by atoms with Crippen molar-refractivity contribution in [3.8, 4) is 11.1 Å². The molecule has 2 aromatic rings. The van der Waals surface area contributed by atoms with E-state index in [1.807, 2.05) is 25.1 Å². The lowest BCUT2D eigenvalue weighted by molar-refractivity contribution is 0.0689. The zero-order chi connectivity index (χ0) is 20.4. The van der Waals surface area contributed by atoms with Gasteiger partial charge in [-0.2, -0.15) is 9.78 Å². The minimum absolute atomic E-state index is 0.0234. The molecule has 2 fully saturated rings. The fraction of sp³-hybridized carbons (Fsp3) is 0.476. The molecular weight excluding hydrogens is 368 g/mol. The Kier molecular flexibility index (Phi) is 5.53. The van der Waals surface area contributed by atoms with E-state index in [4.69, 9.17) is 16.2 Å². The zero-order valence-electron chi connectivity index (χ0n) is 16.7. The highest BCUT2D eigenvalue weighted by Crippen LogP contribution is 2.28. The first kappa shape index (κ1) is 19.4. The van der Waals surface area contributed by atoms with Gasteiger partial charge in [0.25, 0.3) is 5.91 Å². The Balaban J connectivity index is 1.50. The lowest BCUT2D eigenvalue weighted by Gasteiger charge is -2.20. The van der Waals surface area contributed by atoms with Crippen LogP contribution in [0.3, 0.4) is 0 Å². The van der Waals surface area contributed by atoms with E-state index in [2.05, 4.69) is 15.4 Å². The van der Waals surface area contributed by atoms with Crippen LogP contribution in [-0.4, -0.2) is 47.4 Å². The number of aliphatic imine (C=N–C) groups is 1. The second-order valence-corrected chi connectivity index (χ2v) is 7.89. The van der Waals surface area contributed by atoms with E-state index in [1.54, 1.807) is 6.20 Å². The summed E-state index contributed by atoms with van der Waals surface area (Å²) in [7, 11) is 0. The van der Waals surface area contributed by atoms with Crippen molar-refractivity contribution >= 4 is 17.7 Å². The van der Waals surface area contributed by atoms with E-state index in [-0.39, 0.29) is 11.9 Å². The molecule has 1 aliphatic carbocycles. The number of hydrogen-bond donors (Lipinski definition) is 3. The van der Waals surface area contributed by atoms with Crippen LogP contribution in [-0.2, 0) is 4.74 Å². The molecular formula is C21H28N6O2. The van der Waals surface area contributed by atoms with Crippen LogP contribution in [0.2, 0.25) is 0 Å². The number of amides is 1. The van der Waals surface area contributed by atoms with Crippen molar-refractivity contribution in [3.63, 3.8) is 0 Å². The molecule has 0 bridgehead atoms. The smallest absolute Gasteiger partial charge is 0.251 e. The number of nitrogens with zero attached hydrogens (tertiary/aromatic N) is 3. The Morgan fingerprint density at radius 3 is 2.76 bits per heavy atom. The van der Waals surface area contributed by atoms with E-state index < -0.39 is 0 Å². The highest BCUT2D eigenvalue weighted by atomic mass is 16.5. The fourth-order valence-corrected chi connectivity index (χ4v) is 3.56. The Hall–Kier alpha value is -2.87. The minimum Gasteiger partial charge on any atom is -0.383 e. The summed E-state index contributed by atoms with van der Waals surface area (Å²) in [6, 6.07) is 6.01. The summed E-state index contributed by atoms with van der Waals surface area (Å²) < 4.78 is 6.84. The molecule has 1 amide bonds. The number of aromatic nitrogens is 2. The van der Waals surface area contributed by atoms with Crippen LogP contribution in [0.25, 0.3) is 11.1 Å². The number of benzene rings is 1. The van der Waals surface area contributed by atoms with Gasteiger partial charge in [0.2, 0.25) is 5.96 Å². The zero-order valence-corrected chi connectivity index (χ0v) is 16.7. The molecule has 4 rings (SSSR count). The predicted molar refractivity (Wildman–Crippen MR) is 113 cm³/mol. The van der Waals surface area contributed by atoms with Gasteiger partial charge in [-0.25, -0.2) is 0 Å². The van der Waals surface area contributed by atoms with Crippen LogP contribution in [0.1, 0.15) is 41.6 Å². The summed E-state index contributed by atoms with van der Waals surface area (Å²) in [5.74, 6) is 1.19. The van der Waals surface area contributed by atoms with Gasteiger partial charge in [-0.15, -0.1) is 0 Å². The first-order valence-corrected chi connectivity index (χ1v) is 10.2. The molecule has 29 heavy (non-hydrogen) atoms. The van der Waals surface area contributed by atoms with Crippen LogP contribution < -0.4 is 16.8 Å². The van der Waals surface area contributed by atoms with Gasteiger partial charge in [-0.3, -0.25) is 9.79 Å². The molecule has 1 aromatic carbocycles. The third kappa shape index (κ3) is 4.42. The van der Waals surface area contributed by atoms with Crippen molar-refractivity contribution in [1.82, 2.24) is 15.1 Å². The van der Waals surface area contributed by atoms with E-state index in [0.29, 0.717) is 29.9 Å². The molecule has 0 radical (unpaired) electrons. The van der Waals surface area contributed by atoms with E-state index >= 15 is 0 Å². The molecule has 8 heteroatoms. The lowest BCUT2D eigenvalue weighted by Crippen LogP contribution is -2.27. The SMILES string of the molecule is Cc1cc(-c2cnn(C(N)=NCC3CCOCC3)c2N)ccc1C(=O)NC1CC1. The van der Waals surface area contributed by atoms with Gasteiger partial charge in [0.05, 0.1) is 6.20 Å². The van der Waals surface area contributed by atoms with Gasteiger partial charge in [-0.1, -0.05) is 12.1 Å². The van der Waals surface area contributed by atoms with Gasteiger partial charge in [0.1, 0.15) is 5.82 Å². The van der Waals surface area contributed by atoms with Crippen molar-refractivity contribution in [2.75, 3.05) is 25.5 Å².